The van der Waals surface area contributed by atoms with Gasteiger partial charge in [0.1, 0.15) is 0 Å². The van der Waals surface area contributed by atoms with Crippen molar-refractivity contribution in [3.63, 3.8) is 0 Å². The summed E-state index contributed by atoms with van der Waals surface area (Å²) >= 11 is 5.10. The molecule has 3 aliphatic rings. The monoisotopic (exact) mass is 389 g/mol. The second-order valence-electron chi connectivity index (χ2n) is 7.31. The number of benzene rings is 1. The van der Waals surface area contributed by atoms with Gasteiger partial charge in [-0.25, -0.2) is 0 Å². The smallest absolute Gasteiger partial charge is 0.269 e. The number of fused-ring (bicyclic) bond motifs is 4. The van der Waals surface area contributed by atoms with E-state index in [-0.39, 0.29) is 29.2 Å². The Hall–Kier alpha value is -2.59. The molecule has 0 bridgehead atoms. The maximum Gasteiger partial charge on any atom is 0.269 e. The largest absolute Gasteiger partial charge is 0.364 e. The first-order chi connectivity index (χ1) is 12.8. The lowest BCUT2D eigenvalue weighted by Gasteiger charge is -2.55. The Morgan fingerprint density at radius 2 is 2.04 bits per heavy atom. The number of hydrogen-bond donors (Lipinski definition) is 1. The number of likely N-dealkylation sites (N-methyl/N-ethyl adjacent to an activating group) is 1. The molecule has 9 nitrogen and oxygen atoms in total. The summed E-state index contributed by atoms with van der Waals surface area (Å²) in [6.45, 7) is 1.94. The first kappa shape index (κ1) is 17.8. The quantitative estimate of drug-likeness (QED) is 0.315. The van der Waals surface area contributed by atoms with Gasteiger partial charge in [-0.1, -0.05) is 0 Å². The van der Waals surface area contributed by atoms with E-state index in [1.54, 1.807) is 13.1 Å². The Kier molecular flexibility index (Phi) is 3.93. The second kappa shape index (κ2) is 5.96. The Morgan fingerprint density at radius 3 is 2.74 bits per heavy atom. The summed E-state index contributed by atoms with van der Waals surface area (Å²) in [5, 5.41) is 14.0. The van der Waals surface area contributed by atoms with Gasteiger partial charge in [0.05, 0.1) is 11.0 Å². The van der Waals surface area contributed by atoms with Crippen LogP contribution in [0.25, 0.3) is 0 Å². The molecule has 0 radical (unpaired) electrons. The van der Waals surface area contributed by atoms with E-state index in [0.717, 1.165) is 12.2 Å². The van der Waals surface area contributed by atoms with E-state index < -0.39 is 16.2 Å². The van der Waals surface area contributed by atoms with Gasteiger partial charge in [0.15, 0.2) is 10.5 Å². The summed E-state index contributed by atoms with van der Waals surface area (Å²) in [5.74, 6) is -0.795. The second-order valence-corrected chi connectivity index (χ2v) is 7.70. The summed E-state index contributed by atoms with van der Waals surface area (Å²) in [5.41, 5.74) is 0.0630. The predicted octanol–water partition coefficient (Wildman–Crippen LogP) is 0.131. The molecule has 1 spiro atoms. The summed E-state index contributed by atoms with van der Waals surface area (Å²) < 4.78 is 0. The highest BCUT2D eigenvalue weighted by Crippen LogP contribution is 2.46. The molecule has 1 aromatic carbocycles. The zero-order chi connectivity index (χ0) is 19.5. The molecule has 0 aromatic heterocycles. The number of thiocarbonyl (C=S) groups is 1. The summed E-state index contributed by atoms with van der Waals surface area (Å²) in [6, 6.07) is 4.29. The van der Waals surface area contributed by atoms with Crippen LogP contribution < -0.4 is 10.2 Å². The molecule has 3 aliphatic heterocycles. The Labute approximate surface area is 161 Å². The first-order valence-corrected chi connectivity index (χ1v) is 9.02. The average Bonchev–Trinajstić information content (AvgIpc) is 2.64. The fourth-order valence-corrected chi connectivity index (χ4v) is 4.56. The van der Waals surface area contributed by atoms with Crippen LogP contribution in [0.15, 0.2) is 18.2 Å². The fourth-order valence-electron chi connectivity index (χ4n) is 4.39. The van der Waals surface area contributed by atoms with Gasteiger partial charge in [0.2, 0.25) is 11.8 Å². The van der Waals surface area contributed by atoms with Crippen LogP contribution in [0.1, 0.15) is 5.56 Å². The van der Waals surface area contributed by atoms with E-state index in [1.165, 1.54) is 17.0 Å². The van der Waals surface area contributed by atoms with Gasteiger partial charge in [0, 0.05) is 50.9 Å². The van der Waals surface area contributed by atoms with Gasteiger partial charge >= 0.3 is 0 Å². The molecule has 2 fully saturated rings. The normalized spacial score (nSPS) is 28.1. The van der Waals surface area contributed by atoms with Crippen LogP contribution in [0, 0.1) is 15.5 Å². The van der Waals surface area contributed by atoms with Crippen molar-refractivity contribution < 1.29 is 14.5 Å². The number of piperazine rings is 1. The number of non-ortho nitro benzene ring substituents is 1. The summed E-state index contributed by atoms with van der Waals surface area (Å²) in [6.07, 6.45) is 0.108. The molecule has 1 aromatic rings. The molecule has 1 N–H and O–H groups in total. The highest BCUT2D eigenvalue weighted by atomic mass is 32.1. The fraction of sp³-hybridized carbons (Fsp3) is 0.471. The molecule has 142 valence electrons. The van der Waals surface area contributed by atoms with Gasteiger partial charge in [-0.3, -0.25) is 24.6 Å². The van der Waals surface area contributed by atoms with E-state index in [0.29, 0.717) is 18.7 Å². The van der Waals surface area contributed by atoms with E-state index in [1.807, 2.05) is 11.9 Å². The Balaban J connectivity index is 1.90. The third kappa shape index (κ3) is 2.43. The number of nitro benzene ring substituents is 1. The third-order valence-corrected chi connectivity index (χ3v) is 6.20. The van der Waals surface area contributed by atoms with E-state index in [2.05, 4.69) is 10.2 Å². The third-order valence-electron chi connectivity index (χ3n) is 5.82. The van der Waals surface area contributed by atoms with E-state index in [9.17, 15) is 19.7 Å². The van der Waals surface area contributed by atoms with Crippen molar-refractivity contribution in [2.75, 3.05) is 38.6 Å². The van der Waals surface area contributed by atoms with Crippen molar-refractivity contribution in [1.82, 2.24) is 15.1 Å². The topological polar surface area (TPSA) is 99.0 Å². The molecular weight excluding hydrogens is 370 g/mol. The minimum Gasteiger partial charge on any atom is -0.364 e. The average molecular weight is 389 g/mol. The molecule has 10 heteroatoms. The summed E-state index contributed by atoms with van der Waals surface area (Å²) in [7, 11) is 3.50. The highest BCUT2D eigenvalue weighted by molar-refractivity contribution is 7.80. The van der Waals surface area contributed by atoms with Crippen molar-refractivity contribution in [3.8, 4) is 0 Å². The SMILES string of the molecule is CN1CCN2c3ccc([N+](=O)[O-])cc3C[C@]3(C(=O)NC(=S)N(C)C3=O)[C@@H]2C1. The number of amides is 2. The van der Waals surface area contributed by atoms with Crippen molar-refractivity contribution in [2.24, 2.45) is 5.41 Å². The van der Waals surface area contributed by atoms with Crippen LogP contribution in [-0.2, 0) is 16.0 Å². The van der Waals surface area contributed by atoms with Gasteiger partial charge in [0.25, 0.3) is 5.69 Å². The van der Waals surface area contributed by atoms with Gasteiger partial charge in [-0.2, -0.15) is 0 Å². The maximum absolute atomic E-state index is 13.3. The van der Waals surface area contributed by atoms with Crippen LogP contribution >= 0.6 is 12.2 Å². The zero-order valence-corrected chi connectivity index (χ0v) is 15.8. The van der Waals surface area contributed by atoms with Crippen molar-refractivity contribution >= 4 is 40.5 Å². The van der Waals surface area contributed by atoms with E-state index >= 15 is 0 Å². The van der Waals surface area contributed by atoms with E-state index in [4.69, 9.17) is 12.2 Å². The van der Waals surface area contributed by atoms with Crippen LogP contribution in [0.3, 0.4) is 0 Å². The minimum absolute atomic E-state index is 0.0518. The Bertz CT molecular complexity index is 890. The number of rotatable bonds is 1. The van der Waals surface area contributed by atoms with Crippen LogP contribution in [0.5, 0.6) is 0 Å². The summed E-state index contributed by atoms with van der Waals surface area (Å²) in [4.78, 5) is 42.6. The molecular formula is C17H19N5O4S. The zero-order valence-electron chi connectivity index (χ0n) is 15.0. The number of hydrogen-bond acceptors (Lipinski definition) is 7. The standard InChI is InChI=1S/C17H19N5O4S/c1-19-5-6-21-12-4-3-11(22(25)26)7-10(12)8-17(13(21)9-19)14(23)18-16(27)20(2)15(17)24/h3-4,7,13H,5-6,8-9H2,1-2H3,(H,18,23,27)/t13-,17+/m0/s1. The van der Waals surface area contributed by atoms with Crippen LogP contribution in [0.2, 0.25) is 0 Å². The predicted molar refractivity (Wildman–Crippen MR) is 101 cm³/mol. The van der Waals surface area contributed by atoms with Crippen LogP contribution in [0.4, 0.5) is 11.4 Å². The molecule has 2 amide bonds. The number of nitrogens with one attached hydrogen (secondary N) is 1. The minimum atomic E-state index is -1.37. The van der Waals surface area contributed by atoms with Gasteiger partial charge in [-0.15, -0.1) is 0 Å². The highest BCUT2D eigenvalue weighted by Gasteiger charge is 2.61. The molecule has 0 aliphatic carbocycles. The van der Waals surface area contributed by atoms with Crippen LogP contribution in [-0.4, -0.2) is 71.4 Å². The van der Waals surface area contributed by atoms with Crippen molar-refractivity contribution in [3.05, 3.63) is 33.9 Å². The number of carbonyl (C=O) groups is 2. The molecule has 27 heavy (non-hydrogen) atoms. The number of carbonyl (C=O) groups excluding carboxylic acids is 2. The molecule has 0 unspecified atom stereocenters. The van der Waals surface area contributed by atoms with Crippen molar-refractivity contribution in [1.29, 1.82) is 0 Å². The number of nitrogens with zero attached hydrogens (tertiary/aromatic N) is 4. The Morgan fingerprint density at radius 1 is 1.30 bits per heavy atom. The first-order valence-electron chi connectivity index (χ1n) is 8.62. The van der Waals surface area contributed by atoms with Gasteiger partial charge in [-0.05, 0) is 30.9 Å². The molecule has 4 rings (SSSR count). The lowest BCUT2D eigenvalue weighted by molar-refractivity contribution is -0.384. The lowest BCUT2D eigenvalue weighted by Crippen LogP contribution is -2.74. The van der Waals surface area contributed by atoms with Gasteiger partial charge < -0.3 is 15.1 Å². The molecule has 2 atom stereocenters. The molecule has 3 heterocycles. The number of nitro groups is 1. The number of anilines is 1. The lowest BCUT2D eigenvalue weighted by atomic mass is 9.67. The molecule has 2 saturated heterocycles. The van der Waals surface area contributed by atoms with Crippen molar-refractivity contribution in [2.45, 2.75) is 12.5 Å². The molecule has 0 saturated carbocycles. The maximum atomic E-state index is 13.3.